The van der Waals surface area contributed by atoms with Crippen LogP contribution in [-0.4, -0.2) is 9.36 Å². The number of aromatic nitrogens is 2. The Morgan fingerprint density at radius 1 is 0.857 bits per heavy atom. The van der Waals surface area contributed by atoms with Crippen LogP contribution in [0.5, 0.6) is 0 Å². The van der Waals surface area contributed by atoms with Crippen molar-refractivity contribution in [2.75, 3.05) is 0 Å². The van der Waals surface area contributed by atoms with Crippen molar-refractivity contribution in [1.82, 2.24) is 9.36 Å². The Balaban J connectivity index is 2.25. The van der Waals surface area contributed by atoms with Crippen LogP contribution in [0.25, 0.3) is 16.8 Å². The van der Waals surface area contributed by atoms with E-state index < -0.39 is 0 Å². The van der Waals surface area contributed by atoms with Crippen LogP contribution in [0.3, 0.4) is 0 Å². The summed E-state index contributed by atoms with van der Waals surface area (Å²) in [4.78, 5) is 12.8. The van der Waals surface area contributed by atoms with Gasteiger partial charge in [0.2, 0.25) is 0 Å². The van der Waals surface area contributed by atoms with Crippen molar-refractivity contribution in [3.63, 3.8) is 0 Å². The largest absolute Gasteiger partial charge is 0.285 e. The molecule has 21 heavy (non-hydrogen) atoms. The maximum absolute atomic E-state index is 12.8. The molecule has 106 valence electrons. The minimum atomic E-state index is 0.0186. The quantitative estimate of drug-likeness (QED) is 0.705. The third kappa shape index (κ3) is 2.21. The van der Waals surface area contributed by atoms with Crippen molar-refractivity contribution in [3.8, 4) is 16.8 Å². The van der Waals surface area contributed by atoms with E-state index in [1.807, 2.05) is 80.2 Å². The zero-order valence-corrected chi connectivity index (χ0v) is 12.5. The van der Waals surface area contributed by atoms with Gasteiger partial charge in [-0.2, -0.15) is 0 Å². The molecule has 3 nitrogen and oxygen atoms in total. The highest BCUT2D eigenvalue weighted by atomic mass is 16.1. The van der Waals surface area contributed by atoms with Crippen LogP contribution < -0.4 is 5.56 Å². The summed E-state index contributed by atoms with van der Waals surface area (Å²) in [5.41, 5.74) is 4.77. The molecule has 3 heteroatoms. The molecule has 0 bridgehead atoms. The lowest BCUT2D eigenvalue weighted by Crippen LogP contribution is -2.20. The maximum Gasteiger partial charge on any atom is 0.279 e. The standard InChI is InChI=1S/C18H18N2O/c1-13-9-11-16(12-10-13)20-18(21)17(14(2)19(20)3)15-7-5-4-6-8-15/h4-12H,1-3H3. The molecule has 0 saturated heterocycles. The summed E-state index contributed by atoms with van der Waals surface area (Å²) in [6.07, 6.45) is 0. The minimum absolute atomic E-state index is 0.0186. The summed E-state index contributed by atoms with van der Waals surface area (Å²) in [6, 6.07) is 17.8. The fourth-order valence-corrected chi connectivity index (χ4v) is 2.62. The third-order valence-electron chi connectivity index (χ3n) is 3.89. The van der Waals surface area contributed by atoms with Crippen molar-refractivity contribution in [1.29, 1.82) is 0 Å². The Kier molecular flexibility index (Phi) is 3.26. The lowest BCUT2D eigenvalue weighted by Gasteiger charge is -2.08. The molecule has 0 aliphatic heterocycles. The molecule has 0 aliphatic rings. The number of aryl methyl sites for hydroxylation is 1. The fraction of sp³-hybridized carbons (Fsp3) is 0.167. The van der Waals surface area contributed by atoms with Gasteiger partial charge in [-0.05, 0) is 31.5 Å². The van der Waals surface area contributed by atoms with E-state index in [9.17, 15) is 4.79 Å². The van der Waals surface area contributed by atoms with Crippen LogP contribution in [-0.2, 0) is 7.05 Å². The molecular weight excluding hydrogens is 260 g/mol. The molecule has 0 unspecified atom stereocenters. The van der Waals surface area contributed by atoms with Crippen molar-refractivity contribution >= 4 is 0 Å². The topological polar surface area (TPSA) is 26.9 Å². The number of hydrogen-bond acceptors (Lipinski definition) is 1. The lowest BCUT2D eigenvalue weighted by atomic mass is 10.1. The highest BCUT2D eigenvalue weighted by Gasteiger charge is 2.17. The second-order valence-corrected chi connectivity index (χ2v) is 5.30. The average molecular weight is 278 g/mol. The zero-order valence-electron chi connectivity index (χ0n) is 12.5. The monoisotopic (exact) mass is 278 g/mol. The van der Waals surface area contributed by atoms with Crippen LogP contribution in [0.15, 0.2) is 59.4 Å². The fourth-order valence-electron chi connectivity index (χ4n) is 2.62. The van der Waals surface area contributed by atoms with E-state index in [1.54, 1.807) is 4.68 Å². The molecule has 1 aromatic heterocycles. The number of hydrogen-bond donors (Lipinski definition) is 0. The van der Waals surface area contributed by atoms with E-state index in [1.165, 1.54) is 5.56 Å². The summed E-state index contributed by atoms with van der Waals surface area (Å²) in [6.45, 7) is 4.02. The summed E-state index contributed by atoms with van der Waals surface area (Å²) < 4.78 is 3.63. The van der Waals surface area contributed by atoms with E-state index in [0.717, 1.165) is 22.5 Å². The first-order valence-corrected chi connectivity index (χ1v) is 7.00. The Hall–Kier alpha value is -2.55. The van der Waals surface area contributed by atoms with Crippen molar-refractivity contribution in [2.24, 2.45) is 7.05 Å². The lowest BCUT2D eigenvalue weighted by molar-refractivity contribution is 0.630. The molecule has 3 aromatic rings. The first-order valence-electron chi connectivity index (χ1n) is 7.00. The van der Waals surface area contributed by atoms with Gasteiger partial charge in [-0.15, -0.1) is 0 Å². The molecule has 3 rings (SSSR count). The van der Waals surface area contributed by atoms with Gasteiger partial charge < -0.3 is 0 Å². The van der Waals surface area contributed by atoms with Gasteiger partial charge >= 0.3 is 0 Å². The molecule has 0 radical (unpaired) electrons. The molecule has 0 saturated carbocycles. The van der Waals surface area contributed by atoms with Gasteiger partial charge in [-0.1, -0.05) is 48.0 Å². The van der Waals surface area contributed by atoms with Crippen molar-refractivity contribution in [2.45, 2.75) is 13.8 Å². The van der Waals surface area contributed by atoms with Crippen LogP contribution in [0.4, 0.5) is 0 Å². The summed E-state index contributed by atoms with van der Waals surface area (Å²) in [5.74, 6) is 0. The minimum Gasteiger partial charge on any atom is -0.285 e. The predicted octanol–water partition coefficient (Wildman–Crippen LogP) is 3.46. The van der Waals surface area contributed by atoms with Gasteiger partial charge in [0.05, 0.1) is 11.3 Å². The second-order valence-electron chi connectivity index (χ2n) is 5.30. The Bertz CT molecular complexity index is 824. The maximum atomic E-state index is 12.8. The van der Waals surface area contributed by atoms with Crippen molar-refractivity contribution < 1.29 is 0 Å². The van der Waals surface area contributed by atoms with Gasteiger partial charge in [-0.25, -0.2) is 4.68 Å². The van der Waals surface area contributed by atoms with Gasteiger partial charge in [0.25, 0.3) is 5.56 Å². The molecule has 0 amide bonds. The summed E-state index contributed by atoms with van der Waals surface area (Å²) in [7, 11) is 1.92. The highest BCUT2D eigenvalue weighted by molar-refractivity contribution is 5.65. The van der Waals surface area contributed by atoms with Gasteiger partial charge in [0.15, 0.2) is 0 Å². The molecule has 2 aromatic carbocycles. The Morgan fingerprint density at radius 2 is 1.48 bits per heavy atom. The van der Waals surface area contributed by atoms with Gasteiger partial charge in [0.1, 0.15) is 0 Å². The number of rotatable bonds is 2. The van der Waals surface area contributed by atoms with Gasteiger partial charge in [0, 0.05) is 12.7 Å². The smallest absolute Gasteiger partial charge is 0.279 e. The Labute approximate surface area is 124 Å². The zero-order chi connectivity index (χ0) is 15.0. The van der Waals surface area contributed by atoms with E-state index >= 15 is 0 Å². The Morgan fingerprint density at radius 3 is 2.10 bits per heavy atom. The number of nitrogens with zero attached hydrogens (tertiary/aromatic N) is 2. The van der Waals surface area contributed by atoms with E-state index in [2.05, 4.69) is 0 Å². The molecule has 1 heterocycles. The summed E-state index contributed by atoms with van der Waals surface area (Å²) in [5, 5.41) is 0. The molecular formula is C18H18N2O. The normalized spacial score (nSPS) is 10.8. The van der Waals surface area contributed by atoms with Crippen LogP contribution in [0.1, 0.15) is 11.3 Å². The SMILES string of the molecule is Cc1ccc(-n2c(=O)c(-c3ccccc3)c(C)n2C)cc1. The average Bonchev–Trinajstić information content (AvgIpc) is 2.72. The number of benzene rings is 2. The first-order chi connectivity index (χ1) is 10.1. The molecule has 0 aliphatic carbocycles. The van der Waals surface area contributed by atoms with Gasteiger partial charge in [-0.3, -0.25) is 9.48 Å². The van der Waals surface area contributed by atoms with E-state index in [-0.39, 0.29) is 5.56 Å². The van der Waals surface area contributed by atoms with Crippen LogP contribution >= 0.6 is 0 Å². The summed E-state index contributed by atoms with van der Waals surface area (Å²) >= 11 is 0. The van der Waals surface area contributed by atoms with Crippen molar-refractivity contribution in [3.05, 3.63) is 76.2 Å². The second kappa shape index (κ2) is 5.09. The molecule has 0 atom stereocenters. The van der Waals surface area contributed by atoms with E-state index in [4.69, 9.17) is 0 Å². The first kappa shape index (κ1) is 13.4. The molecule has 0 N–H and O–H groups in total. The van der Waals surface area contributed by atoms with Crippen LogP contribution in [0.2, 0.25) is 0 Å². The molecule has 0 fully saturated rings. The predicted molar refractivity (Wildman–Crippen MR) is 85.9 cm³/mol. The van der Waals surface area contributed by atoms with E-state index in [0.29, 0.717) is 0 Å². The third-order valence-corrected chi connectivity index (χ3v) is 3.89. The molecule has 0 spiro atoms. The highest BCUT2D eigenvalue weighted by Crippen LogP contribution is 2.21. The van der Waals surface area contributed by atoms with Crippen LogP contribution in [0, 0.1) is 13.8 Å².